The van der Waals surface area contributed by atoms with Crippen LogP contribution in [0.3, 0.4) is 0 Å². The average Bonchev–Trinajstić information content (AvgIpc) is 3.02. The lowest BCUT2D eigenvalue weighted by atomic mass is 10.1. The van der Waals surface area contributed by atoms with Crippen LogP contribution >= 0.6 is 0 Å². The molecule has 0 bridgehead atoms. The van der Waals surface area contributed by atoms with Crippen molar-refractivity contribution in [2.75, 3.05) is 36.8 Å². The van der Waals surface area contributed by atoms with Crippen molar-refractivity contribution in [2.45, 2.75) is 25.8 Å². The van der Waals surface area contributed by atoms with E-state index >= 15 is 0 Å². The number of para-hydroxylation sites is 1. The van der Waals surface area contributed by atoms with Crippen LogP contribution in [0.4, 0.5) is 26.4 Å². The number of hydrogen-bond acceptors (Lipinski definition) is 6. The number of rotatable bonds is 10. The molecule has 3 amide bonds. The Balaban J connectivity index is 1.28. The number of carbonyl (C=O) groups is 2. The van der Waals surface area contributed by atoms with E-state index in [1.54, 1.807) is 54.9 Å². The second-order valence-corrected chi connectivity index (χ2v) is 10.1. The van der Waals surface area contributed by atoms with E-state index in [2.05, 4.69) is 31.2 Å². The van der Waals surface area contributed by atoms with Crippen molar-refractivity contribution >= 4 is 29.1 Å². The topological polar surface area (TPSA) is 111 Å². The van der Waals surface area contributed by atoms with E-state index in [-0.39, 0.29) is 23.4 Å². The minimum atomic E-state index is -0.446. The summed E-state index contributed by atoms with van der Waals surface area (Å²) in [4.78, 5) is 36.6. The number of nitrogens with zero attached hydrogens (tertiary/aromatic N) is 3. The van der Waals surface area contributed by atoms with Crippen molar-refractivity contribution in [3.05, 3.63) is 102 Å². The summed E-state index contributed by atoms with van der Waals surface area (Å²) in [7, 11) is 0. The molecule has 0 unspecified atom stereocenters. The summed E-state index contributed by atoms with van der Waals surface area (Å²) >= 11 is 0. The molecule has 4 N–H and O–H groups in total. The third-order valence-electron chi connectivity index (χ3n) is 7.04. The van der Waals surface area contributed by atoms with Crippen molar-refractivity contribution in [2.24, 2.45) is 0 Å². The monoisotopic (exact) mass is 567 g/mol. The molecule has 1 saturated heterocycles. The lowest BCUT2D eigenvalue weighted by molar-refractivity contribution is 0.0947. The molecule has 10 heteroatoms. The van der Waals surface area contributed by atoms with E-state index in [4.69, 9.17) is 4.98 Å². The standard InChI is InChI=1S/C32H34FN7O2/c33-27-8-2-3-9-29(27)39-30-26(31(41)35-17-20-40-18-4-1-5-19-40)14-15-28(38-30)24-10-12-25(13-11-24)37-32(42)36-22-23-7-6-16-34-21-23/h2-3,6-16,21H,1,4-5,17-20,22H2,(H,35,41)(H,38,39)(H2,36,37,42). The second kappa shape index (κ2) is 14.2. The summed E-state index contributed by atoms with van der Waals surface area (Å²) in [6, 6.07) is 20.3. The zero-order valence-corrected chi connectivity index (χ0v) is 23.3. The van der Waals surface area contributed by atoms with E-state index in [0.29, 0.717) is 30.0 Å². The van der Waals surface area contributed by atoms with Crippen LogP contribution in [0.5, 0.6) is 0 Å². The Morgan fingerprint density at radius 3 is 2.45 bits per heavy atom. The van der Waals surface area contributed by atoms with Gasteiger partial charge in [-0.1, -0.05) is 36.8 Å². The molecule has 216 valence electrons. The molecule has 4 aromatic rings. The van der Waals surface area contributed by atoms with Crippen molar-refractivity contribution in [1.29, 1.82) is 0 Å². The number of urea groups is 1. The predicted molar refractivity (Wildman–Crippen MR) is 162 cm³/mol. The number of carbonyl (C=O) groups excluding carboxylic acids is 2. The van der Waals surface area contributed by atoms with Gasteiger partial charge in [0.15, 0.2) is 0 Å². The van der Waals surface area contributed by atoms with Gasteiger partial charge in [0.2, 0.25) is 0 Å². The first kappa shape index (κ1) is 28.7. The van der Waals surface area contributed by atoms with Gasteiger partial charge >= 0.3 is 6.03 Å². The molecule has 0 aliphatic carbocycles. The quantitative estimate of drug-likeness (QED) is 0.200. The van der Waals surface area contributed by atoms with Crippen molar-refractivity contribution in [3.8, 4) is 11.3 Å². The van der Waals surface area contributed by atoms with Crippen LogP contribution in [0.2, 0.25) is 0 Å². The number of amides is 3. The minimum Gasteiger partial charge on any atom is -0.351 e. The highest BCUT2D eigenvalue weighted by Gasteiger charge is 2.17. The fraction of sp³-hybridized carbons (Fsp3) is 0.250. The average molecular weight is 568 g/mol. The Bertz CT molecular complexity index is 1490. The lowest BCUT2D eigenvalue weighted by Crippen LogP contribution is -2.37. The first-order valence-corrected chi connectivity index (χ1v) is 14.1. The molecule has 1 aliphatic rings. The molecule has 1 aliphatic heterocycles. The number of pyridine rings is 2. The van der Waals surface area contributed by atoms with E-state index < -0.39 is 5.82 Å². The van der Waals surface area contributed by atoms with Gasteiger partial charge in [-0.25, -0.2) is 14.2 Å². The van der Waals surface area contributed by atoms with Crippen LogP contribution in [-0.4, -0.2) is 53.0 Å². The van der Waals surface area contributed by atoms with E-state index in [0.717, 1.165) is 30.8 Å². The highest BCUT2D eigenvalue weighted by molar-refractivity contribution is 6.00. The number of nitrogens with one attached hydrogen (secondary N) is 4. The summed E-state index contributed by atoms with van der Waals surface area (Å²) in [5, 5.41) is 11.6. The highest BCUT2D eigenvalue weighted by Crippen LogP contribution is 2.27. The molecule has 5 rings (SSSR count). The van der Waals surface area contributed by atoms with Gasteiger partial charge < -0.3 is 26.2 Å². The molecule has 9 nitrogen and oxygen atoms in total. The number of hydrogen-bond donors (Lipinski definition) is 4. The Hall–Kier alpha value is -4.83. The summed E-state index contributed by atoms with van der Waals surface area (Å²) in [6.45, 7) is 3.77. The Morgan fingerprint density at radius 2 is 1.69 bits per heavy atom. The number of aromatic nitrogens is 2. The van der Waals surface area contributed by atoms with Crippen LogP contribution in [0.15, 0.2) is 85.2 Å². The molecule has 0 atom stereocenters. The predicted octanol–water partition coefficient (Wildman–Crippen LogP) is 5.56. The van der Waals surface area contributed by atoms with Crippen LogP contribution in [0.25, 0.3) is 11.3 Å². The van der Waals surface area contributed by atoms with Gasteiger partial charge in [0.05, 0.1) is 16.9 Å². The third kappa shape index (κ3) is 7.88. The SMILES string of the molecule is O=C(NCc1cccnc1)Nc1ccc(-c2ccc(C(=O)NCCN3CCCCC3)c(Nc3ccccc3F)n2)cc1. The molecule has 0 spiro atoms. The maximum Gasteiger partial charge on any atom is 0.319 e. The fourth-order valence-corrected chi connectivity index (χ4v) is 4.78. The molecule has 0 radical (unpaired) electrons. The molecule has 2 aromatic carbocycles. The first-order valence-electron chi connectivity index (χ1n) is 14.1. The fourth-order valence-electron chi connectivity index (χ4n) is 4.78. The number of likely N-dealkylation sites (tertiary alicyclic amines) is 1. The highest BCUT2D eigenvalue weighted by atomic mass is 19.1. The molecule has 2 aromatic heterocycles. The van der Waals surface area contributed by atoms with Crippen molar-refractivity contribution in [1.82, 2.24) is 25.5 Å². The minimum absolute atomic E-state index is 0.223. The zero-order chi connectivity index (χ0) is 29.1. The van der Waals surface area contributed by atoms with Gasteiger partial charge in [-0.3, -0.25) is 9.78 Å². The van der Waals surface area contributed by atoms with E-state index in [1.807, 2.05) is 24.3 Å². The third-order valence-corrected chi connectivity index (χ3v) is 7.04. The van der Waals surface area contributed by atoms with E-state index in [9.17, 15) is 14.0 Å². The zero-order valence-electron chi connectivity index (χ0n) is 23.3. The molecule has 0 saturated carbocycles. The molecular formula is C32H34FN7O2. The maximum atomic E-state index is 14.5. The van der Waals surface area contributed by atoms with Gasteiger partial charge in [-0.05, 0) is 74.0 Å². The maximum absolute atomic E-state index is 14.5. The van der Waals surface area contributed by atoms with Gasteiger partial charge in [0.25, 0.3) is 5.91 Å². The lowest BCUT2D eigenvalue weighted by Gasteiger charge is -2.26. The van der Waals surface area contributed by atoms with E-state index in [1.165, 1.54) is 25.3 Å². The van der Waals surface area contributed by atoms with Crippen molar-refractivity contribution < 1.29 is 14.0 Å². The normalized spacial score (nSPS) is 13.3. The van der Waals surface area contributed by atoms with Crippen LogP contribution in [0.1, 0.15) is 35.2 Å². The molecule has 3 heterocycles. The van der Waals surface area contributed by atoms with Gasteiger partial charge in [0, 0.05) is 43.3 Å². The molecule has 1 fully saturated rings. The number of piperidine rings is 1. The van der Waals surface area contributed by atoms with Gasteiger partial charge in [-0.15, -0.1) is 0 Å². The Morgan fingerprint density at radius 1 is 0.881 bits per heavy atom. The summed E-state index contributed by atoms with van der Waals surface area (Å²) in [6.07, 6.45) is 7.01. The van der Waals surface area contributed by atoms with Crippen LogP contribution in [-0.2, 0) is 6.54 Å². The second-order valence-electron chi connectivity index (χ2n) is 10.1. The number of benzene rings is 2. The van der Waals surface area contributed by atoms with Gasteiger partial charge in [0.1, 0.15) is 11.6 Å². The number of anilines is 3. The summed E-state index contributed by atoms with van der Waals surface area (Å²) in [5.41, 5.74) is 3.41. The van der Waals surface area contributed by atoms with Crippen LogP contribution in [0, 0.1) is 5.82 Å². The smallest absolute Gasteiger partial charge is 0.319 e. The largest absolute Gasteiger partial charge is 0.351 e. The van der Waals surface area contributed by atoms with Crippen LogP contribution < -0.4 is 21.3 Å². The van der Waals surface area contributed by atoms with Crippen molar-refractivity contribution in [3.63, 3.8) is 0 Å². The first-order chi connectivity index (χ1) is 20.5. The summed E-state index contributed by atoms with van der Waals surface area (Å²) < 4.78 is 14.5. The Labute approximate surface area is 244 Å². The molecular weight excluding hydrogens is 533 g/mol. The number of halogens is 1. The molecule has 42 heavy (non-hydrogen) atoms. The summed E-state index contributed by atoms with van der Waals surface area (Å²) in [5.74, 6) is -0.467. The Kier molecular flexibility index (Phi) is 9.69. The van der Waals surface area contributed by atoms with Gasteiger partial charge in [-0.2, -0.15) is 0 Å².